The summed E-state index contributed by atoms with van der Waals surface area (Å²) in [7, 11) is 0. The van der Waals surface area contributed by atoms with E-state index in [-0.39, 0.29) is 17.7 Å². The van der Waals surface area contributed by atoms with Crippen molar-refractivity contribution in [2.24, 2.45) is 5.41 Å². The third-order valence-corrected chi connectivity index (χ3v) is 5.19. The topological polar surface area (TPSA) is 97.0 Å². The highest BCUT2D eigenvalue weighted by atomic mass is 16.7. The zero-order valence-electron chi connectivity index (χ0n) is 16.5. The number of hydrogen-bond acceptors (Lipinski definition) is 5. The Bertz CT molecular complexity index is 744. The van der Waals surface area contributed by atoms with Gasteiger partial charge in [0.2, 0.25) is 17.7 Å². The van der Waals surface area contributed by atoms with Crippen molar-refractivity contribution in [3.05, 3.63) is 24.3 Å². The van der Waals surface area contributed by atoms with Crippen LogP contribution in [0, 0.1) is 5.41 Å². The second kappa shape index (κ2) is 7.89. The number of hydrogen-bond donors (Lipinski definition) is 2. The van der Waals surface area contributed by atoms with Gasteiger partial charge in [0.05, 0.1) is 13.2 Å². The third-order valence-electron chi connectivity index (χ3n) is 5.19. The fourth-order valence-electron chi connectivity index (χ4n) is 3.46. The minimum absolute atomic E-state index is 0.166. The zero-order valence-corrected chi connectivity index (χ0v) is 16.5. The van der Waals surface area contributed by atoms with E-state index in [1.54, 1.807) is 43.0 Å². The Balaban J connectivity index is 1.59. The molecule has 152 valence electrons. The van der Waals surface area contributed by atoms with Crippen LogP contribution >= 0.6 is 0 Å². The Hall–Kier alpha value is -2.45. The van der Waals surface area contributed by atoms with Crippen LogP contribution in [0.1, 0.15) is 33.6 Å². The standard InChI is InChI=1S/C20H27N3O5/c1-14(24)21-15-4-6-16(7-5-15)22-17(25)19(2,3)18(26)23-10-8-20(9-11-23)27-12-13-28-20/h4-7H,8-13H2,1-3H3,(H,21,24)(H,22,25). The molecule has 3 rings (SSSR count). The number of anilines is 2. The monoisotopic (exact) mass is 389 g/mol. The molecule has 2 saturated heterocycles. The van der Waals surface area contributed by atoms with Crippen LogP contribution in [0.2, 0.25) is 0 Å². The molecule has 2 heterocycles. The van der Waals surface area contributed by atoms with E-state index in [0.29, 0.717) is 50.5 Å². The second-order valence-corrected chi connectivity index (χ2v) is 7.74. The van der Waals surface area contributed by atoms with Crippen molar-refractivity contribution in [2.75, 3.05) is 36.9 Å². The lowest BCUT2D eigenvalue weighted by molar-refractivity contribution is -0.189. The highest BCUT2D eigenvalue weighted by Gasteiger charge is 2.45. The van der Waals surface area contributed by atoms with E-state index in [9.17, 15) is 14.4 Å². The highest BCUT2D eigenvalue weighted by molar-refractivity contribution is 6.10. The molecule has 0 radical (unpaired) electrons. The molecule has 1 aromatic rings. The first kappa shape index (κ1) is 20.3. The summed E-state index contributed by atoms with van der Waals surface area (Å²) in [6.45, 7) is 6.86. The van der Waals surface area contributed by atoms with Crippen molar-refractivity contribution < 1.29 is 23.9 Å². The van der Waals surface area contributed by atoms with Crippen LogP contribution in [-0.4, -0.2) is 54.7 Å². The smallest absolute Gasteiger partial charge is 0.239 e. The Morgan fingerprint density at radius 2 is 1.46 bits per heavy atom. The lowest BCUT2D eigenvalue weighted by Crippen LogP contribution is -2.53. The van der Waals surface area contributed by atoms with Crippen molar-refractivity contribution in [3.8, 4) is 0 Å². The Morgan fingerprint density at radius 3 is 1.96 bits per heavy atom. The predicted molar refractivity (Wildman–Crippen MR) is 104 cm³/mol. The van der Waals surface area contributed by atoms with Crippen LogP contribution in [0.3, 0.4) is 0 Å². The van der Waals surface area contributed by atoms with Crippen LogP contribution in [0.25, 0.3) is 0 Å². The molecule has 0 saturated carbocycles. The number of rotatable bonds is 4. The molecule has 1 spiro atoms. The van der Waals surface area contributed by atoms with Crippen LogP contribution in [0.4, 0.5) is 11.4 Å². The minimum Gasteiger partial charge on any atom is -0.347 e. The molecule has 3 amide bonds. The van der Waals surface area contributed by atoms with E-state index in [1.165, 1.54) is 6.92 Å². The highest BCUT2D eigenvalue weighted by Crippen LogP contribution is 2.33. The summed E-state index contributed by atoms with van der Waals surface area (Å²) in [5, 5.41) is 5.45. The van der Waals surface area contributed by atoms with Crippen molar-refractivity contribution >= 4 is 29.1 Å². The Labute approximate surface area is 164 Å². The van der Waals surface area contributed by atoms with E-state index in [0.717, 1.165) is 0 Å². The molecule has 2 aliphatic heterocycles. The SMILES string of the molecule is CC(=O)Nc1ccc(NC(=O)C(C)(C)C(=O)N2CCC3(CC2)OCCO3)cc1. The largest absolute Gasteiger partial charge is 0.347 e. The number of amides is 3. The van der Waals surface area contributed by atoms with Crippen molar-refractivity contribution in [1.82, 2.24) is 4.90 Å². The zero-order chi connectivity index (χ0) is 20.4. The molecule has 0 atom stereocenters. The lowest BCUT2D eigenvalue weighted by atomic mass is 9.88. The normalized spacial score (nSPS) is 18.8. The summed E-state index contributed by atoms with van der Waals surface area (Å²) in [6.07, 6.45) is 1.22. The van der Waals surface area contributed by atoms with E-state index in [4.69, 9.17) is 9.47 Å². The third kappa shape index (κ3) is 4.34. The van der Waals surface area contributed by atoms with Crippen molar-refractivity contribution in [1.29, 1.82) is 0 Å². The Kier molecular flexibility index (Phi) is 5.71. The molecule has 2 fully saturated rings. The van der Waals surface area contributed by atoms with Crippen molar-refractivity contribution in [3.63, 3.8) is 0 Å². The van der Waals surface area contributed by atoms with Gasteiger partial charge in [0, 0.05) is 44.2 Å². The van der Waals surface area contributed by atoms with Gasteiger partial charge in [-0.25, -0.2) is 0 Å². The fraction of sp³-hybridized carbons (Fsp3) is 0.550. The average Bonchev–Trinajstić information content (AvgIpc) is 3.11. The van der Waals surface area contributed by atoms with Gasteiger partial charge >= 0.3 is 0 Å². The summed E-state index contributed by atoms with van der Waals surface area (Å²) >= 11 is 0. The molecule has 0 unspecified atom stereocenters. The number of piperidine rings is 1. The van der Waals surface area contributed by atoms with E-state index < -0.39 is 11.2 Å². The van der Waals surface area contributed by atoms with Gasteiger partial charge in [0.25, 0.3) is 0 Å². The fourth-order valence-corrected chi connectivity index (χ4v) is 3.46. The number of ether oxygens (including phenoxy) is 2. The number of benzene rings is 1. The molecular weight excluding hydrogens is 362 g/mol. The number of carbonyl (C=O) groups excluding carboxylic acids is 3. The number of nitrogens with zero attached hydrogens (tertiary/aromatic N) is 1. The van der Waals surface area contributed by atoms with Crippen LogP contribution in [0.5, 0.6) is 0 Å². The first-order valence-electron chi connectivity index (χ1n) is 9.48. The maximum Gasteiger partial charge on any atom is 0.239 e. The molecule has 8 heteroatoms. The minimum atomic E-state index is -1.21. The lowest BCUT2D eigenvalue weighted by Gasteiger charge is -2.40. The van der Waals surface area contributed by atoms with Gasteiger partial charge in [-0.15, -0.1) is 0 Å². The van der Waals surface area contributed by atoms with Crippen LogP contribution in [0.15, 0.2) is 24.3 Å². The first-order chi connectivity index (χ1) is 13.2. The summed E-state index contributed by atoms with van der Waals surface area (Å²) in [5.41, 5.74) is -0.0113. The number of carbonyl (C=O) groups is 3. The summed E-state index contributed by atoms with van der Waals surface area (Å²) in [4.78, 5) is 38.5. The molecule has 0 bridgehead atoms. The maximum absolute atomic E-state index is 13.0. The average molecular weight is 389 g/mol. The Morgan fingerprint density at radius 1 is 0.964 bits per heavy atom. The molecule has 1 aromatic carbocycles. The molecule has 2 N–H and O–H groups in total. The van der Waals surface area contributed by atoms with Crippen LogP contribution < -0.4 is 10.6 Å². The van der Waals surface area contributed by atoms with Gasteiger partial charge in [-0.2, -0.15) is 0 Å². The van der Waals surface area contributed by atoms with Gasteiger partial charge in [0.15, 0.2) is 5.79 Å². The van der Waals surface area contributed by atoms with Gasteiger partial charge in [-0.3, -0.25) is 14.4 Å². The summed E-state index contributed by atoms with van der Waals surface area (Å²) in [5.74, 6) is -1.31. The first-order valence-corrected chi connectivity index (χ1v) is 9.48. The molecule has 0 aromatic heterocycles. The maximum atomic E-state index is 13.0. The molecule has 0 aliphatic carbocycles. The van der Waals surface area contributed by atoms with E-state index in [1.807, 2.05) is 0 Å². The molecular formula is C20H27N3O5. The summed E-state index contributed by atoms with van der Waals surface area (Å²) in [6, 6.07) is 6.75. The molecule has 8 nitrogen and oxygen atoms in total. The van der Waals surface area contributed by atoms with Crippen LogP contribution in [-0.2, 0) is 23.9 Å². The number of likely N-dealkylation sites (tertiary alicyclic amines) is 1. The van der Waals surface area contributed by atoms with E-state index in [2.05, 4.69) is 10.6 Å². The van der Waals surface area contributed by atoms with Gasteiger partial charge in [-0.05, 0) is 38.1 Å². The molecule has 2 aliphatic rings. The number of nitrogens with one attached hydrogen (secondary N) is 2. The quantitative estimate of drug-likeness (QED) is 0.768. The predicted octanol–water partition coefficient (Wildman–Crippen LogP) is 1.98. The van der Waals surface area contributed by atoms with Crippen molar-refractivity contribution in [2.45, 2.75) is 39.4 Å². The molecule has 28 heavy (non-hydrogen) atoms. The van der Waals surface area contributed by atoms with Gasteiger partial charge in [0.1, 0.15) is 5.41 Å². The van der Waals surface area contributed by atoms with E-state index >= 15 is 0 Å². The summed E-state index contributed by atoms with van der Waals surface area (Å²) < 4.78 is 11.4. The second-order valence-electron chi connectivity index (χ2n) is 7.74. The van der Waals surface area contributed by atoms with Gasteiger partial charge < -0.3 is 25.0 Å². The van der Waals surface area contributed by atoms with Gasteiger partial charge in [-0.1, -0.05) is 0 Å².